The second kappa shape index (κ2) is 9.94. The average Bonchev–Trinajstić information content (AvgIpc) is 2.67. The van der Waals surface area contributed by atoms with Crippen LogP contribution in [0.5, 0.6) is 0 Å². The lowest BCUT2D eigenvalue weighted by Gasteiger charge is -2.49. The van der Waals surface area contributed by atoms with Crippen molar-refractivity contribution in [2.75, 3.05) is 13.7 Å². The molecule has 2 saturated heterocycles. The molecular weight excluding hydrogens is 360 g/mol. The maximum Gasteiger partial charge on any atom is 0.174 e. The first-order chi connectivity index (χ1) is 13.5. The van der Waals surface area contributed by atoms with Crippen LogP contribution < -0.4 is 0 Å². The van der Waals surface area contributed by atoms with Crippen molar-refractivity contribution in [1.29, 1.82) is 0 Å². The summed E-state index contributed by atoms with van der Waals surface area (Å²) in [6.07, 6.45) is 1.86. The van der Waals surface area contributed by atoms with E-state index in [1.54, 1.807) is 7.11 Å². The molecule has 2 heterocycles. The predicted molar refractivity (Wildman–Crippen MR) is 104 cm³/mol. The zero-order chi connectivity index (χ0) is 20.0. The molecular formula is C22H32O6. The van der Waals surface area contributed by atoms with Crippen molar-refractivity contribution in [2.45, 2.75) is 82.3 Å². The molecule has 3 rings (SSSR count). The number of Topliss-reactive ketones (excluding diaryl/α,β-unsaturated/α-hetero) is 1. The first-order valence-electron chi connectivity index (χ1n) is 10.2. The quantitative estimate of drug-likeness (QED) is 0.733. The topological polar surface area (TPSA) is 74.2 Å². The Morgan fingerprint density at radius 1 is 1.18 bits per heavy atom. The second-order valence-electron chi connectivity index (χ2n) is 7.88. The van der Waals surface area contributed by atoms with Gasteiger partial charge in [0.15, 0.2) is 5.79 Å². The van der Waals surface area contributed by atoms with Gasteiger partial charge in [-0.1, -0.05) is 37.3 Å². The van der Waals surface area contributed by atoms with Crippen LogP contribution in [-0.4, -0.2) is 54.8 Å². The van der Waals surface area contributed by atoms with E-state index in [9.17, 15) is 9.90 Å². The number of carbonyl (C=O) groups is 1. The second-order valence-corrected chi connectivity index (χ2v) is 7.88. The summed E-state index contributed by atoms with van der Waals surface area (Å²) in [4.78, 5) is 11.9. The summed E-state index contributed by atoms with van der Waals surface area (Å²) in [5.41, 5.74) is 1.10. The Hall–Kier alpha value is -1.31. The average molecular weight is 392 g/mol. The zero-order valence-electron chi connectivity index (χ0n) is 16.8. The maximum absolute atomic E-state index is 11.9. The van der Waals surface area contributed by atoms with Gasteiger partial charge in [-0.3, -0.25) is 4.79 Å². The van der Waals surface area contributed by atoms with Crippen molar-refractivity contribution in [3.8, 4) is 0 Å². The minimum atomic E-state index is -0.921. The standard InChI is InChI=1S/C22H32O6/c1-3-17(23)9-19-11-20(25-2)13-22(27-19)12-18(24)10-21(28-22)15-26-14-16-7-5-4-6-8-16/h4-8,18-21,24H,3,9-15H2,1-2H3/t18-,19+,20-,21+,22-/m0/s1. The Morgan fingerprint density at radius 3 is 2.64 bits per heavy atom. The highest BCUT2D eigenvalue weighted by molar-refractivity contribution is 5.78. The molecule has 1 spiro atoms. The van der Waals surface area contributed by atoms with Gasteiger partial charge in [0.2, 0.25) is 0 Å². The van der Waals surface area contributed by atoms with Gasteiger partial charge in [0.25, 0.3) is 0 Å². The van der Waals surface area contributed by atoms with Gasteiger partial charge in [-0.2, -0.15) is 0 Å². The Kier molecular flexibility index (Phi) is 7.60. The molecule has 0 aromatic heterocycles. The van der Waals surface area contributed by atoms with Crippen LogP contribution in [0.1, 0.15) is 51.0 Å². The van der Waals surface area contributed by atoms with Crippen LogP contribution in [0.3, 0.4) is 0 Å². The van der Waals surface area contributed by atoms with Crippen LogP contribution in [0.2, 0.25) is 0 Å². The molecule has 5 atom stereocenters. The van der Waals surface area contributed by atoms with Gasteiger partial charge in [0.05, 0.1) is 37.6 Å². The summed E-state index contributed by atoms with van der Waals surface area (Å²) < 4.78 is 24.0. The SMILES string of the molecule is CCC(=O)C[C@@H]1C[C@H](OC)C[C@@]2(C[C@@H](O)C[C@H](COCc3ccccc3)O2)O1. The van der Waals surface area contributed by atoms with E-state index >= 15 is 0 Å². The molecule has 0 radical (unpaired) electrons. The van der Waals surface area contributed by atoms with Crippen molar-refractivity contribution < 1.29 is 28.8 Å². The summed E-state index contributed by atoms with van der Waals surface area (Å²) in [6.45, 7) is 2.74. The Bertz CT molecular complexity index is 621. The van der Waals surface area contributed by atoms with E-state index in [-0.39, 0.29) is 24.1 Å². The third-order valence-electron chi connectivity index (χ3n) is 5.51. The molecule has 0 bridgehead atoms. The Morgan fingerprint density at radius 2 is 1.93 bits per heavy atom. The van der Waals surface area contributed by atoms with Crippen LogP contribution in [0.25, 0.3) is 0 Å². The molecule has 6 heteroatoms. The predicted octanol–water partition coefficient (Wildman–Crippen LogP) is 3.00. The fraction of sp³-hybridized carbons (Fsp3) is 0.682. The van der Waals surface area contributed by atoms with Gasteiger partial charge in [0.1, 0.15) is 5.78 Å². The van der Waals surface area contributed by atoms with E-state index < -0.39 is 11.9 Å². The van der Waals surface area contributed by atoms with E-state index in [0.717, 1.165) is 5.56 Å². The Labute approximate surface area is 167 Å². The van der Waals surface area contributed by atoms with E-state index in [1.807, 2.05) is 37.3 Å². The van der Waals surface area contributed by atoms with Crippen LogP contribution in [-0.2, 0) is 30.3 Å². The Balaban J connectivity index is 1.61. The van der Waals surface area contributed by atoms with Crippen molar-refractivity contribution in [2.24, 2.45) is 0 Å². The number of ether oxygens (including phenoxy) is 4. The number of hydrogen-bond donors (Lipinski definition) is 1. The summed E-state index contributed by atoms with van der Waals surface area (Å²) in [7, 11) is 1.67. The number of carbonyl (C=O) groups excluding carboxylic acids is 1. The van der Waals surface area contributed by atoms with Crippen molar-refractivity contribution in [3.05, 3.63) is 35.9 Å². The van der Waals surface area contributed by atoms with Crippen LogP contribution >= 0.6 is 0 Å². The number of ketones is 1. The van der Waals surface area contributed by atoms with Crippen LogP contribution in [0, 0.1) is 0 Å². The highest BCUT2D eigenvalue weighted by Gasteiger charge is 2.48. The molecule has 2 fully saturated rings. The van der Waals surface area contributed by atoms with E-state index in [0.29, 0.717) is 51.7 Å². The van der Waals surface area contributed by atoms with Crippen molar-refractivity contribution in [1.82, 2.24) is 0 Å². The molecule has 2 aliphatic heterocycles. The van der Waals surface area contributed by atoms with Gasteiger partial charge in [-0.05, 0) is 5.56 Å². The number of aliphatic hydroxyl groups excluding tert-OH is 1. The first kappa shape index (κ1) is 21.4. The number of aliphatic hydroxyl groups is 1. The van der Waals surface area contributed by atoms with Gasteiger partial charge < -0.3 is 24.1 Å². The lowest BCUT2D eigenvalue weighted by Crippen LogP contribution is -2.56. The van der Waals surface area contributed by atoms with Gasteiger partial charge in [-0.25, -0.2) is 0 Å². The molecule has 0 unspecified atom stereocenters. The highest BCUT2D eigenvalue weighted by Crippen LogP contribution is 2.41. The molecule has 1 N–H and O–H groups in total. The zero-order valence-corrected chi connectivity index (χ0v) is 16.8. The summed E-state index contributed by atoms with van der Waals surface area (Å²) in [5, 5.41) is 10.5. The summed E-state index contributed by atoms with van der Waals surface area (Å²) in [6, 6.07) is 9.96. The largest absolute Gasteiger partial charge is 0.393 e. The van der Waals surface area contributed by atoms with Gasteiger partial charge in [0, 0.05) is 45.6 Å². The van der Waals surface area contributed by atoms with Crippen molar-refractivity contribution in [3.63, 3.8) is 0 Å². The van der Waals surface area contributed by atoms with E-state index in [4.69, 9.17) is 18.9 Å². The summed E-state index contributed by atoms with van der Waals surface area (Å²) in [5.74, 6) is -0.758. The number of rotatable bonds is 8. The first-order valence-corrected chi connectivity index (χ1v) is 10.2. The molecule has 2 aliphatic rings. The monoisotopic (exact) mass is 392 g/mol. The van der Waals surface area contributed by atoms with E-state index in [2.05, 4.69) is 0 Å². The lowest BCUT2D eigenvalue weighted by atomic mass is 9.88. The normalized spacial score (nSPS) is 33.1. The summed E-state index contributed by atoms with van der Waals surface area (Å²) >= 11 is 0. The smallest absolute Gasteiger partial charge is 0.174 e. The fourth-order valence-electron chi connectivity index (χ4n) is 4.16. The number of benzene rings is 1. The highest BCUT2D eigenvalue weighted by atomic mass is 16.7. The van der Waals surface area contributed by atoms with Crippen molar-refractivity contribution >= 4 is 5.78 Å². The minimum Gasteiger partial charge on any atom is -0.393 e. The third-order valence-corrected chi connectivity index (χ3v) is 5.51. The number of hydrogen-bond acceptors (Lipinski definition) is 6. The molecule has 6 nitrogen and oxygen atoms in total. The third kappa shape index (κ3) is 5.84. The number of methoxy groups -OCH3 is 1. The van der Waals surface area contributed by atoms with E-state index in [1.165, 1.54) is 0 Å². The molecule has 0 aliphatic carbocycles. The maximum atomic E-state index is 11.9. The fourth-order valence-corrected chi connectivity index (χ4v) is 4.16. The minimum absolute atomic E-state index is 0.0559. The molecule has 1 aromatic carbocycles. The molecule has 0 amide bonds. The molecule has 28 heavy (non-hydrogen) atoms. The molecule has 0 saturated carbocycles. The lowest BCUT2D eigenvalue weighted by molar-refractivity contribution is -0.343. The molecule has 156 valence electrons. The van der Waals surface area contributed by atoms with Gasteiger partial charge >= 0.3 is 0 Å². The van der Waals surface area contributed by atoms with Crippen LogP contribution in [0.4, 0.5) is 0 Å². The molecule has 1 aromatic rings. The van der Waals surface area contributed by atoms with Gasteiger partial charge in [-0.15, -0.1) is 0 Å². The van der Waals surface area contributed by atoms with Crippen LogP contribution in [0.15, 0.2) is 30.3 Å².